The molecule has 2 unspecified atom stereocenters. The van der Waals surface area contributed by atoms with Gasteiger partial charge in [-0.25, -0.2) is 9.79 Å². The van der Waals surface area contributed by atoms with E-state index in [4.69, 9.17) is 16.6 Å². The SMILES string of the molecule is Cc1cccc(CN2C(N3CCN(Cc4ccccc4Cl)CC3)=NC3C2C(=O)NC(=O)N3C)c1. The molecule has 3 aliphatic heterocycles. The molecule has 34 heavy (non-hydrogen) atoms. The first-order valence-electron chi connectivity index (χ1n) is 11.6. The standard InChI is InChI=1S/C25H29ClN6O2/c1-17-6-5-7-18(14-17)15-32-21-22(29(2)25(34)28-23(21)33)27-24(32)31-12-10-30(11-13-31)16-19-8-3-4-9-20(19)26/h3-9,14,21-22H,10-13,15-16H2,1-2H3,(H,28,33,34). The molecular formula is C25H29ClN6O2. The molecule has 3 aliphatic rings. The van der Waals surface area contributed by atoms with E-state index in [1.807, 2.05) is 24.3 Å². The summed E-state index contributed by atoms with van der Waals surface area (Å²) in [6.45, 7) is 6.70. The number of amides is 3. The normalized spacial score (nSPS) is 23.1. The second-order valence-electron chi connectivity index (χ2n) is 9.16. The number of rotatable bonds is 4. The number of hydrogen-bond donors (Lipinski definition) is 1. The number of aryl methyl sites for hydroxylation is 1. The van der Waals surface area contributed by atoms with Crippen molar-refractivity contribution in [2.75, 3.05) is 33.2 Å². The Morgan fingerprint density at radius 1 is 1.03 bits per heavy atom. The van der Waals surface area contributed by atoms with E-state index in [9.17, 15) is 9.59 Å². The maximum Gasteiger partial charge on any atom is 0.325 e. The molecule has 8 nitrogen and oxygen atoms in total. The lowest BCUT2D eigenvalue weighted by Gasteiger charge is -2.40. The van der Waals surface area contributed by atoms with Crippen LogP contribution in [0.2, 0.25) is 5.02 Å². The third-order valence-electron chi connectivity index (χ3n) is 6.78. The van der Waals surface area contributed by atoms with E-state index < -0.39 is 18.2 Å². The van der Waals surface area contributed by atoms with Crippen molar-refractivity contribution in [1.29, 1.82) is 0 Å². The molecule has 3 amide bonds. The molecule has 0 saturated carbocycles. The van der Waals surface area contributed by atoms with E-state index in [0.29, 0.717) is 6.54 Å². The molecule has 0 bridgehead atoms. The Kier molecular flexibility index (Phi) is 6.18. The summed E-state index contributed by atoms with van der Waals surface area (Å²) in [5, 5.41) is 3.27. The van der Waals surface area contributed by atoms with Crippen molar-refractivity contribution in [3.05, 3.63) is 70.2 Å². The third-order valence-corrected chi connectivity index (χ3v) is 7.15. The lowest BCUT2D eigenvalue weighted by Crippen LogP contribution is -2.64. The van der Waals surface area contributed by atoms with Gasteiger partial charge in [-0.05, 0) is 24.1 Å². The van der Waals surface area contributed by atoms with Crippen LogP contribution < -0.4 is 5.32 Å². The second-order valence-corrected chi connectivity index (χ2v) is 9.57. The van der Waals surface area contributed by atoms with Gasteiger partial charge in [0.25, 0.3) is 5.91 Å². The van der Waals surface area contributed by atoms with E-state index in [1.54, 1.807) is 7.05 Å². The summed E-state index contributed by atoms with van der Waals surface area (Å²) in [4.78, 5) is 38.3. The maximum absolute atomic E-state index is 12.9. The van der Waals surface area contributed by atoms with Gasteiger partial charge in [-0.2, -0.15) is 0 Å². The number of carbonyl (C=O) groups is 2. The average Bonchev–Trinajstić information content (AvgIpc) is 3.19. The van der Waals surface area contributed by atoms with Gasteiger partial charge < -0.3 is 14.7 Å². The van der Waals surface area contributed by atoms with Crippen molar-refractivity contribution in [1.82, 2.24) is 24.9 Å². The molecule has 2 aromatic rings. The first-order valence-corrected chi connectivity index (χ1v) is 12.0. The zero-order valence-electron chi connectivity index (χ0n) is 19.4. The Balaban J connectivity index is 1.35. The topological polar surface area (TPSA) is 71.5 Å². The summed E-state index contributed by atoms with van der Waals surface area (Å²) < 4.78 is 0. The van der Waals surface area contributed by atoms with Crippen LogP contribution in [0, 0.1) is 6.92 Å². The lowest BCUT2D eigenvalue weighted by atomic mass is 10.1. The van der Waals surface area contributed by atoms with Crippen LogP contribution in [0.3, 0.4) is 0 Å². The van der Waals surface area contributed by atoms with Crippen molar-refractivity contribution in [3.8, 4) is 0 Å². The second kappa shape index (κ2) is 9.27. The number of imide groups is 1. The number of likely N-dealkylation sites (N-methyl/N-ethyl adjacent to an activating group) is 1. The van der Waals surface area contributed by atoms with Gasteiger partial charge in [-0.1, -0.05) is 59.6 Å². The van der Waals surface area contributed by atoms with Gasteiger partial charge in [0.05, 0.1) is 0 Å². The molecule has 0 aliphatic carbocycles. The fourth-order valence-corrected chi connectivity index (χ4v) is 5.12. The average molecular weight is 481 g/mol. The Labute approximate surface area is 204 Å². The highest BCUT2D eigenvalue weighted by molar-refractivity contribution is 6.31. The minimum absolute atomic E-state index is 0.295. The summed E-state index contributed by atoms with van der Waals surface area (Å²) in [7, 11) is 1.69. The quantitative estimate of drug-likeness (QED) is 0.728. The number of nitrogens with one attached hydrogen (secondary N) is 1. The molecule has 0 aromatic heterocycles. The molecule has 2 aromatic carbocycles. The smallest absolute Gasteiger partial charge is 0.325 e. The fraction of sp³-hybridized carbons (Fsp3) is 0.400. The van der Waals surface area contributed by atoms with Crippen LogP contribution in [0.4, 0.5) is 4.79 Å². The van der Waals surface area contributed by atoms with E-state index in [2.05, 4.69) is 51.2 Å². The first-order chi connectivity index (χ1) is 16.4. The zero-order valence-corrected chi connectivity index (χ0v) is 20.2. The predicted octanol–water partition coefficient (Wildman–Crippen LogP) is 2.51. The molecule has 0 spiro atoms. The molecule has 9 heteroatoms. The minimum Gasteiger partial charge on any atom is -0.340 e. The van der Waals surface area contributed by atoms with Crippen molar-refractivity contribution >= 4 is 29.5 Å². The number of fused-ring (bicyclic) bond motifs is 1. The van der Waals surface area contributed by atoms with Crippen LogP contribution in [0.15, 0.2) is 53.5 Å². The van der Waals surface area contributed by atoms with E-state index in [0.717, 1.165) is 54.8 Å². The van der Waals surface area contributed by atoms with Gasteiger partial charge in [0.15, 0.2) is 18.2 Å². The molecule has 178 valence electrons. The number of nitrogens with zero attached hydrogens (tertiary/aromatic N) is 5. The number of piperazine rings is 1. The Morgan fingerprint density at radius 2 is 1.79 bits per heavy atom. The van der Waals surface area contributed by atoms with Gasteiger partial charge in [-0.3, -0.25) is 15.0 Å². The van der Waals surface area contributed by atoms with Gasteiger partial charge in [0.1, 0.15) is 0 Å². The third kappa shape index (κ3) is 4.35. The van der Waals surface area contributed by atoms with Crippen LogP contribution in [0.25, 0.3) is 0 Å². The summed E-state index contributed by atoms with van der Waals surface area (Å²) in [5.74, 6) is 0.488. The number of halogens is 1. The molecule has 2 fully saturated rings. The van der Waals surface area contributed by atoms with E-state index in [-0.39, 0.29) is 5.91 Å². The fourth-order valence-electron chi connectivity index (χ4n) is 4.92. The van der Waals surface area contributed by atoms with Crippen molar-refractivity contribution in [2.45, 2.75) is 32.2 Å². The van der Waals surface area contributed by atoms with Gasteiger partial charge in [0, 0.05) is 51.3 Å². The maximum atomic E-state index is 12.9. The number of benzene rings is 2. The van der Waals surface area contributed by atoms with Crippen LogP contribution in [-0.4, -0.2) is 82.9 Å². The van der Waals surface area contributed by atoms with Crippen LogP contribution >= 0.6 is 11.6 Å². The highest BCUT2D eigenvalue weighted by Gasteiger charge is 2.49. The summed E-state index contributed by atoms with van der Waals surface area (Å²) in [5.41, 5.74) is 3.40. The number of hydrogen-bond acceptors (Lipinski definition) is 6. The number of guanidine groups is 1. The molecule has 2 atom stereocenters. The molecule has 3 heterocycles. The summed E-state index contributed by atoms with van der Waals surface area (Å²) in [6.07, 6.45) is -0.526. The van der Waals surface area contributed by atoms with Gasteiger partial charge in [0.2, 0.25) is 0 Å². The number of aliphatic imine (C=N–C) groups is 1. The Bertz CT molecular complexity index is 1130. The Hall–Kier alpha value is -3.10. The van der Waals surface area contributed by atoms with Crippen LogP contribution in [0.1, 0.15) is 16.7 Å². The number of urea groups is 1. The van der Waals surface area contributed by atoms with Crippen molar-refractivity contribution in [3.63, 3.8) is 0 Å². The van der Waals surface area contributed by atoms with E-state index in [1.165, 1.54) is 10.5 Å². The first kappa shape index (κ1) is 22.7. The highest BCUT2D eigenvalue weighted by Crippen LogP contribution is 2.28. The van der Waals surface area contributed by atoms with Crippen molar-refractivity contribution in [2.24, 2.45) is 4.99 Å². The van der Waals surface area contributed by atoms with Gasteiger partial charge >= 0.3 is 6.03 Å². The predicted molar refractivity (Wildman–Crippen MR) is 131 cm³/mol. The lowest BCUT2D eigenvalue weighted by molar-refractivity contribution is -0.127. The molecule has 5 rings (SSSR count). The summed E-state index contributed by atoms with van der Waals surface area (Å²) in [6, 6.07) is 15.3. The molecule has 1 N–H and O–H groups in total. The van der Waals surface area contributed by atoms with Crippen molar-refractivity contribution < 1.29 is 9.59 Å². The molecule has 2 saturated heterocycles. The highest BCUT2D eigenvalue weighted by atomic mass is 35.5. The summed E-state index contributed by atoms with van der Waals surface area (Å²) >= 11 is 6.36. The van der Waals surface area contributed by atoms with E-state index >= 15 is 0 Å². The molecular weight excluding hydrogens is 452 g/mol. The zero-order chi connectivity index (χ0) is 23.8. The monoisotopic (exact) mass is 480 g/mol. The number of carbonyl (C=O) groups excluding carboxylic acids is 2. The van der Waals surface area contributed by atoms with Gasteiger partial charge in [-0.15, -0.1) is 0 Å². The largest absolute Gasteiger partial charge is 0.340 e. The Morgan fingerprint density at radius 3 is 2.53 bits per heavy atom. The minimum atomic E-state index is -0.542. The van der Waals surface area contributed by atoms with Crippen LogP contribution in [-0.2, 0) is 17.9 Å². The van der Waals surface area contributed by atoms with Crippen LogP contribution in [0.5, 0.6) is 0 Å². The molecule has 0 radical (unpaired) electrons.